The van der Waals surface area contributed by atoms with Crippen molar-refractivity contribution >= 4 is 5.91 Å². The van der Waals surface area contributed by atoms with Gasteiger partial charge in [0.05, 0.1) is 37.1 Å². The maximum atomic E-state index is 12.5. The largest absolute Gasteiger partial charge is 0.425 e. The second-order valence-corrected chi connectivity index (χ2v) is 6.39. The Morgan fingerprint density at radius 2 is 2.29 bits per heavy atom. The van der Waals surface area contributed by atoms with Gasteiger partial charge in [-0.15, -0.1) is 10.2 Å². The van der Waals surface area contributed by atoms with Gasteiger partial charge in [0.1, 0.15) is 0 Å². The van der Waals surface area contributed by atoms with E-state index >= 15 is 0 Å². The highest BCUT2D eigenvalue weighted by Crippen LogP contribution is 2.36. The lowest BCUT2D eigenvalue weighted by Gasteiger charge is -2.35. The zero-order valence-electron chi connectivity index (χ0n) is 13.5. The Hall–Kier alpha value is -2.35. The predicted octanol–water partition coefficient (Wildman–Crippen LogP) is 0.888. The van der Waals surface area contributed by atoms with Crippen molar-refractivity contribution in [2.24, 2.45) is 11.8 Å². The van der Waals surface area contributed by atoms with Crippen LogP contribution >= 0.6 is 0 Å². The molecule has 0 radical (unpaired) electrons. The molecule has 126 valence electrons. The fourth-order valence-corrected chi connectivity index (χ4v) is 3.67. The van der Waals surface area contributed by atoms with Gasteiger partial charge in [0.25, 0.3) is 5.91 Å². The first-order valence-electron chi connectivity index (χ1n) is 8.17. The Labute approximate surface area is 139 Å². The molecule has 0 unspecified atom stereocenters. The SMILES string of the molecule is Cc1nnc(C[C@@H]2OC[C@@H]3CN(C(=O)c4ccnnc4)CC[C@@H]32)o1. The Bertz CT molecular complexity index is 720. The minimum atomic E-state index is 0.0133. The minimum Gasteiger partial charge on any atom is -0.425 e. The van der Waals surface area contributed by atoms with Crippen LogP contribution in [0.4, 0.5) is 0 Å². The van der Waals surface area contributed by atoms with Crippen molar-refractivity contribution in [2.45, 2.75) is 25.9 Å². The molecule has 2 saturated heterocycles. The van der Waals surface area contributed by atoms with E-state index in [9.17, 15) is 4.79 Å². The number of rotatable bonds is 3. The average Bonchev–Trinajstić information content (AvgIpc) is 3.21. The molecule has 4 heterocycles. The van der Waals surface area contributed by atoms with Gasteiger partial charge >= 0.3 is 0 Å². The second-order valence-electron chi connectivity index (χ2n) is 6.39. The van der Waals surface area contributed by atoms with Gasteiger partial charge in [-0.2, -0.15) is 10.2 Å². The standard InChI is InChI=1S/C16H19N5O3/c1-10-19-20-15(24-10)6-14-13-3-5-21(8-12(13)9-23-14)16(22)11-2-4-17-18-7-11/h2,4,7,12-14H,3,5-6,8-9H2,1H3/t12-,13-,14-/m0/s1. The van der Waals surface area contributed by atoms with E-state index in [1.54, 1.807) is 19.2 Å². The molecule has 0 saturated carbocycles. The van der Waals surface area contributed by atoms with Gasteiger partial charge in [-0.05, 0) is 18.4 Å². The van der Waals surface area contributed by atoms with Crippen LogP contribution in [-0.4, -0.2) is 57.0 Å². The number of piperidine rings is 1. The van der Waals surface area contributed by atoms with E-state index in [0.717, 1.165) is 13.0 Å². The highest BCUT2D eigenvalue weighted by atomic mass is 16.5. The highest BCUT2D eigenvalue weighted by molar-refractivity contribution is 5.93. The summed E-state index contributed by atoms with van der Waals surface area (Å²) in [7, 11) is 0. The molecule has 0 bridgehead atoms. The number of amides is 1. The number of fused-ring (bicyclic) bond motifs is 1. The first-order valence-corrected chi connectivity index (χ1v) is 8.17. The molecule has 2 fully saturated rings. The fourth-order valence-electron chi connectivity index (χ4n) is 3.67. The van der Waals surface area contributed by atoms with Crippen molar-refractivity contribution in [3.8, 4) is 0 Å². The molecule has 3 atom stereocenters. The third-order valence-electron chi connectivity index (χ3n) is 4.86. The van der Waals surface area contributed by atoms with Gasteiger partial charge in [-0.25, -0.2) is 0 Å². The molecule has 2 aliphatic rings. The van der Waals surface area contributed by atoms with Gasteiger partial charge in [0.15, 0.2) is 0 Å². The van der Waals surface area contributed by atoms with E-state index < -0.39 is 0 Å². The molecule has 2 aromatic heterocycles. The summed E-state index contributed by atoms with van der Waals surface area (Å²) in [6.07, 6.45) is 4.72. The zero-order valence-corrected chi connectivity index (χ0v) is 13.5. The van der Waals surface area contributed by atoms with Crippen LogP contribution in [0.3, 0.4) is 0 Å². The molecule has 0 aromatic carbocycles. The lowest BCUT2D eigenvalue weighted by molar-refractivity contribution is 0.0603. The number of ether oxygens (including phenoxy) is 1. The van der Waals surface area contributed by atoms with Crippen LogP contribution in [0.25, 0.3) is 0 Å². The lowest BCUT2D eigenvalue weighted by Crippen LogP contribution is -2.44. The molecular weight excluding hydrogens is 310 g/mol. The van der Waals surface area contributed by atoms with Gasteiger partial charge in [0, 0.05) is 25.9 Å². The molecular formula is C16H19N5O3. The molecule has 1 amide bonds. The lowest BCUT2D eigenvalue weighted by atomic mass is 9.83. The number of likely N-dealkylation sites (tertiary alicyclic amines) is 1. The molecule has 0 spiro atoms. The normalized spacial score (nSPS) is 26.4. The summed E-state index contributed by atoms with van der Waals surface area (Å²) in [5.74, 6) is 1.99. The van der Waals surface area contributed by atoms with Crippen molar-refractivity contribution in [3.63, 3.8) is 0 Å². The van der Waals surface area contributed by atoms with E-state index in [-0.39, 0.29) is 12.0 Å². The van der Waals surface area contributed by atoms with Crippen LogP contribution in [0.5, 0.6) is 0 Å². The van der Waals surface area contributed by atoms with E-state index in [0.29, 0.717) is 48.8 Å². The third kappa shape index (κ3) is 2.89. The first kappa shape index (κ1) is 15.2. The maximum Gasteiger partial charge on any atom is 0.255 e. The zero-order chi connectivity index (χ0) is 16.5. The summed E-state index contributed by atoms with van der Waals surface area (Å²) < 4.78 is 11.4. The average molecular weight is 329 g/mol. The van der Waals surface area contributed by atoms with Crippen molar-refractivity contribution in [1.82, 2.24) is 25.3 Å². The topological polar surface area (TPSA) is 94.2 Å². The number of carbonyl (C=O) groups excluding carboxylic acids is 1. The maximum absolute atomic E-state index is 12.5. The number of aryl methyl sites for hydroxylation is 1. The Balaban J connectivity index is 1.40. The van der Waals surface area contributed by atoms with E-state index in [2.05, 4.69) is 20.4 Å². The van der Waals surface area contributed by atoms with Crippen molar-refractivity contribution in [3.05, 3.63) is 35.8 Å². The van der Waals surface area contributed by atoms with Crippen LogP contribution in [0.2, 0.25) is 0 Å². The van der Waals surface area contributed by atoms with Crippen molar-refractivity contribution in [1.29, 1.82) is 0 Å². The number of nitrogens with zero attached hydrogens (tertiary/aromatic N) is 5. The summed E-state index contributed by atoms with van der Waals surface area (Å²) in [5.41, 5.74) is 0.584. The minimum absolute atomic E-state index is 0.0133. The van der Waals surface area contributed by atoms with Crippen LogP contribution in [0.1, 0.15) is 28.6 Å². The Morgan fingerprint density at radius 3 is 3.04 bits per heavy atom. The molecule has 24 heavy (non-hydrogen) atoms. The number of hydrogen-bond donors (Lipinski definition) is 0. The molecule has 0 N–H and O–H groups in total. The second kappa shape index (κ2) is 6.27. The predicted molar refractivity (Wildman–Crippen MR) is 82.0 cm³/mol. The summed E-state index contributed by atoms with van der Waals surface area (Å²) in [4.78, 5) is 14.4. The highest BCUT2D eigenvalue weighted by Gasteiger charge is 2.42. The van der Waals surface area contributed by atoms with Crippen molar-refractivity contribution in [2.75, 3.05) is 19.7 Å². The van der Waals surface area contributed by atoms with Gasteiger partial charge in [-0.3, -0.25) is 4.79 Å². The smallest absolute Gasteiger partial charge is 0.255 e. The first-order chi connectivity index (χ1) is 11.7. The Morgan fingerprint density at radius 1 is 1.38 bits per heavy atom. The quantitative estimate of drug-likeness (QED) is 0.825. The summed E-state index contributed by atoms with van der Waals surface area (Å²) in [6.45, 7) is 3.89. The molecule has 2 aliphatic heterocycles. The summed E-state index contributed by atoms with van der Waals surface area (Å²) >= 11 is 0. The molecule has 0 aliphatic carbocycles. The third-order valence-corrected chi connectivity index (χ3v) is 4.86. The van der Waals surface area contributed by atoms with Crippen LogP contribution < -0.4 is 0 Å². The molecule has 8 heteroatoms. The molecule has 8 nitrogen and oxygen atoms in total. The van der Waals surface area contributed by atoms with E-state index in [1.165, 1.54) is 6.20 Å². The molecule has 4 rings (SSSR count). The molecule has 2 aromatic rings. The van der Waals surface area contributed by atoms with Crippen LogP contribution in [0, 0.1) is 18.8 Å². The van der Waals surface area contributed by atoms with Gasteiger partial charge in [-0.1, -0.05) is 0 Å². The number of aromatic nitrogens is 4. The Kier molecular flexibility index (Phi) is 3.97. The van der Waals surface area contributed by atoms with E-state index in [4.69, 9.17) is 9.15 Å². The van der Waals surface area contributed by atoms with Crippen LogP contribution in [0.15, 0.2) is 22.9 Å². The van der Waals surface area contributed by atoms with E-state index in [1.807, 2.05) is 4.90 Å². The number of hydrogen-bond acceptors (Lipinski definition) is 7. The summed E-state index contributed by atoms with van der Waals surface area (Å²) in [6, 6.07) is 1.70. The monoisotopic (exact) mass is 329 g/mol. The van der Waals surface area contributed by atoms with Gasteiger partial charge < -0.3 is 14.1 Å². The number of carbonyl (C=O) groups is 1. The summed E-state index contributed by atoms with van der Waals surface area (Å²) in [5, 5.41) is 15.4. The fraction of sp³-hybridized carbons (Fsp3) is 0.562. The van der Waals surface area contributed by atoms with Crippen molar-refractivity contribution < 1.29 is 13.9 Å². The van der Waals surface area contributed by atoms with Crippen LogP contribution in [-0.2, 0) is 11.2 Å². The van der Waals surface area contributed by atoms with Gasteiger partial charge in [0.2, 0.25) is 11.8 Å².